The Hall–Kier alpha value is -4.49. The van der Waals surface area contributed by atoms with E-state index in [9.17, 15) is 17.6 Å². The van der Waals surface area contributed by atoms with Gasteiger partial charge in [-0.2, -0.15) is 0 Å². The van der Waals surface area contributed by atoms with Crippen molar-refractivity contribution in [2.24, 2.45) is 0 Å². The van der Waals surface area contributed by atoms with E-state index in [1.807, 2.05) is 60.0 Å². The lowest BCUT2D eigenvalue weighted by molar-refractivity contribution is -0.143. The van der Waals surface area contributed by atoms with E-state index in [0.717, 1.165) is 22.4 Å². The molecule has 0 N–H and O–H groups in total. The van der Waals surface area contributed by atoms with Crippen LogP contribution in [0.4, 0.5) is 4.39 Å². The summed E-state index contributed by atoms with van der Waals surface area (Å²) >= 11 is 0. The van der Waals surface area contributed by atoms with Gasteiger partial charge in [0.05, 0.1) is 22.1 Å². The lowest BCUT2D eigenvalue weighted by Gasteiger charge is -2.14. The molecular formula is C34H30FNO4S. The second-order valence-electron chi connectivity index (χ2n) is 9.66. The van der Waals surface area contributed by atoms with Crippen LogP contribution in [0.1, 0.15) is 23.7 Å². The van der Waals surface area contributed by atoms with Crippen molar-refractivity contribution in [3.05, 3.63) is 132 Å². The van der Waals surface area contributed by atoms with Gasteiger partial charge < -0.3 is 9.30 Å². The second-order valence-corrected chi connectivity index (χ2v) is 11.6. The van der Waals surface area contributed by atoms with Crippen molar-refractivity contribution in [1.82, 2.24) is 4.57 Å². The average Bonchev–Trinajstić information content (AvgIpc) is 3.25. The first-order valence-electron chi connectivity index (χ1n) is 13.4. The molecule has 0 fully saturated rings. The highest BCUT2D eigenvalue weighted by molar-refractivity contribution is 7.91. The van der Waals surface area contributed by atoms with Gasteiger partial charge in [0.25, 0.3) is 0 Å². The second kappa shape index (κ2) is 11.9. The summed E-state index contributed by atoms with van der Waals surface area (Å²) in [6, 6.07) is 31.3. The molecule has 4 aromatic carbocycles. The summed E-state index contributed by atoms with van der Waals surface area (Å²) in [5.74, 6) is -0.814. The number of sulfone groups is 1. The molecule has 0 spiro atoms. The Labute approximate surface area is 239 Å². The molecule has 0 aliphatic rings. The maximum Gasteiger partial charge on any atom is 0.325 e. The highest BCUT2D eigenvalue weighted by Gasteiger charge is 2.27. The number of halogens is 1. The number of ether oxygens (including phenoxy) is 1. The first-order valence-corrected chi connectivity index (χ1v) is 14.9. The Balaban J connectivity index is 1.76. The average molecular weight is 568 g/mol. The Morgan fingerprint density at radius 3 is 2.15 bits per heavy atom. The molecule has 0 aliphatic heterocycles. The maximum atomic E-state index is 14.5. The van der Waals surface area contributed by atoms with E-state index < -0.39 is 21.6 Å². The number of rotatable bonds is 9. The van der Waals surface area contributed by atoms with Crippen LogP contribution in [0.2, 0.25) is 0 Å². The molecule has 0 saturated carbocycles. The summed E-state index contributed by atoms with van der Waals surface area (Å²) in [5.41, 5.74) is 5.18. The summed E-state index contributed by atoms with van der Waals surface area (Å²) in [7, 11) is -3.80. The van der Waals surface area contributed by atoms with E-state index in [4.69, 9.17) is 4.74 Å². The number of nitrogens with zero attached hydrogens (tertiary/aromatic N) is 1. The fourth-order valence-electron chi connectivity index (χ4n) is 5.22. The van der Waals surface area contributed by atoms with E-state index in [1.54, 1.807) is 55.5 Å². The van der Waals surface area contributed by atoms with Gasteiger partial charge in [-0.05, 0) is 60.9 Å². The van der Waals surface area contributed by atoms with Crippen molar-refractivity contribution in [1.29, 1.82) is 0 Å². The SMILES string of the molecule is CCOC(=O)Cn1c(C)c(Cc2ccccc2S(=O)(=O)c2ccccc2)c(-c2ccccc2)c1-c1cccc(F)c1. The van der Waals surface area contributed by atoms with E-state index in [1.165, 1.54) is 12.1 Å². The van der Waals surface area contributed by atoms with Gasteiger partial charge in [0.15, 0.2) is 0 Å². The monoisotopic (exact) mass is 567 g/mol. The standard InChI is InChI=1S/C34H30FNO4S/c1-3-40-32(37)23-36-24(2)30(22-26-15-10-11-20-31(26)41(38,39)29-18-8-5-9-19-29)33(25-13-6-4-7-14-25)34(36)27-16-12-17-28(35)21-27/h4-21H,3,22-23H2,1-2H3. The van der Waals surface area contributed by atoms with Gasteiger partial charge in [-0.25, -0.2) is 12.8 Å². The van der Waals surface area contributed by atoms with Crippen molar-refractivity contribution >= 4 is 15.8 Å². The molecule has 41 heavy (non-hydrogen) atoms. The van der Waals surface area contributed by atoms with Gasteiger partial charge in [-0.3, -0.25) is 4.79 Å². The molecule has 5 rings (SSSR count). The van der Waals surface area contributed by atoms with Crippen LogP contribution in [0, 0.1) is 12.7 Å². The zero-order valence-electron chi connectivity index (χ0n) is 22.9. The Morgan fingerprint density at radius 2 is 1.46 bits per heavy atom. The van der Waals surface area contributed by atoms with Crippen molar-refractivity contribution in [2.45, 2.75) is 36.6 Å². The van der Waals surface area contributed by atoms with Crippen LogP contribution < -0.4 is 0 Å². The van der Waals surface area contributed by atoms with Crippen LogP contribution in [-0.2, 0) is 32.3 Å². The summed E-state index contributed by atoms with van der Waals surface area (Å²) < 4.78 is 49.1. The van der Waals surface area contributed by atoms with Crippen LogP contribution in [0.3, 0.4) is 0 Å². The third kappa shape index (κ3) is 5.72. The molecule has 0 radical (unpaired) electrons. The molecule has 0 bridgehead atoms. The Morgan fingerprint density at radius 1 is 0.829 bits per heavy atom. The first kappa shape index (κ1) is 28.1. The van der Waals surface area contributed by atoms with Crippen molar-refractivity contribution in [2.75, 3.05) is 6.61 Å². The molecule has 208 valence electrons. The molecule has 0 amide bonds. The minimum absolute atomic E-state index is 0.0741. The smallest absolute Gasteiger partial charge is 0.325 e. The van der Waals surface area contributed by atoms with Crippen LogP contribution in [0.15, 0.2) is 119 Å². The van der Waals surface area contributed by atoms with Crippen LogP contribution >= 0.6 is 0 Å². The fourth-order valence-corrected chi connectivity index (χ4v) is 6.73. The molecule has 7 heteroatoms. The van der Waals surface area contributed by atoms with E-state index in [-0.39, 0.29) is 29.4 Å². The number of hydrogen-bond donors (Lipinski definition) is 0. The predicted molar refractivity (Wildman–Crippen MR) is 158 cm³/mol. The third-order valence-electron chi connectivity index (χ3n) is 7.09. The van der Waals surface area contributed by atoms with E-state index in [0.29, 0.717) is 16.8 Å². The minimum atomic E-state index is -3.80. The minimum Gasteiger partial charge on any atom is -0.465 e. The van der Waals surface area contributed by atoms with Gasteiger partial charge in [0.2, 0.25) is 9.84 Å². The van der Waals surface area contributed by atoms with Gasteiger partial charge >= 0.3 is 5.97 Å². The number of hydrogen-bond acceptors (Lipinski definition) is 4. The molecule has 5 aromatic rings. The molecule has 1 aromatic heterocycles. The Kier molecular flexibility index (Phi) is 8.17. The van der Waals surface area contributed by atoms with E-state index >= 15 is 0 Å². The number of esters is 1. The van der Waals surface area contributed by atoms with Crippen molar-refractivity contribution < 1.29 is 22.3 Å². The molecule has 0 unspecified atom stereocenters. The van der Waals surface area contributed by atoms with Gasteiger partial charge in [-0.15, -0.1) is 0 Å². The zero-order chi connectivity index (χ0) is 29.0. The predicted octanol–water partition coefficient (Wildman–Crippen LogP) is 7.26. The van der Waals surface area contributed by atoms with Crippen LogP contribution in [0.5, 0.6) is 0 Å². The summed E-state index contributed by atoms with van der Waals surface area (Å²) in [4.78, 5) is 13.2. The lowest BCUT2D eigenvalue weighted by Crippen LogP contribution is -2.15. The van der Waals surface area contributed by atoms with Crippen molar-refractivity contribution in [3.63, 3.8) is 0 Å². The number of carbonyl (C=O) groups excluding carboxylic acids is 1. The molecule has 5 nitrogen and oxygen atoms in total. The topological polar surface area (TPSA) is 65.4 Å². The molecule has 0 saturated heterocycles. The summed E-state index contributed by atoms with van der Waals surface area (Å²) in [6.45, 7) is 3.81. The largest absolute Gasteiger partial charge is 0.465 e. The number of benzene rings is 4. The molecule has 0 atom stereocenters. The third-order valence-corrected chi connectivity index (χ3v) is 8.96. The molecule has 1 heterocycles. The maximum absolute atomic E-state index is 14.5. The molecule has 0 aliphatic carbocycles. The van der Waals surface area contributed by atoms with Crippen LogP contribution in [-0.4, -0.2) is 25.6 Å². The van der Waals surface area contributed by atoms with Crippen molar-refractivity contribution in [3.8, 4) is 22.4 Å². The van der Waals surface area contributed by atoms with Gasteiger partial charge in [0.1, 0.15) is 12.4 Å². The highest BCUT2D eigenvalue weighted by Crippen LogP contribution is 2.41. The first-order chi connectivity index (χ1) is 19.8. The lowest BCUT2D eigenvalue weighted by atomic mass is 9.93. The summed E-state index contributed by atoms with van der Waals surface area (Å²) in [6.07, 6.45) is 0.274. The Bertz CT molecular complexity index is 1800. The number of aromatic nitrogens is 1. The summed E-state index contributed by atoms with van der Waals surface area (Å²) in [5, 5.41) is 0. The fraction of sp³-hybridized carbons (Fsp3) is 0.147. The number of carbonyl (C=O) groups is 1. The van der Waals surface area contributed by atoms with Gasteiger partial charge in [0, 0.05) is 23.2 Å². The normalized spacial score (nSPS) is 11.4. The van der Waals surface area contributed by atoms with E-state index in [2.05, 4.69) is 0 Å². The quantitative estimate of drug-likeness (QED) is 0.176. The highest BCUT2D eigenvalue weighted by atomic mass is 32.2. The zero-order valence-corrected chi connectivity index (χ0v) is 23.7. The molecular weight excluding hydrogens is 537 g/mol. The van der Waals surface area contributed by atoms with Crippen LogP contribution in [0.25, 0.3) is 22.4 Å². The van der Waals surface area contributed by atoms with Gasteiger partial charge in [-0.1, -0.05) is 78.9 Å².